The second-order valence-electron chi connectivity index (χ2n) is 4.30. The number of aromatic nitrogens is 1. The monoisotopic (exact) mass is 260 g/mol. The van der Waals surface area contributed by atoms with Crippen molar-refractivity contribution in [2.45, 2.75) is 19.4 Å². The second-order valence-corrected chi connectivity index (χ2v) is 4.30. The molecule has 2 amide bonds. The minimum absolute atomic E-state index is 0.0627. The van der Waals surface area contributed by atoms with E-state index in [9.17, 15) is 4.79 Å². The van der Waals surface area contributed by atoms with Gasteiger partial charge in [-0.3, -0.25) is 0 Å². The van der Waals surface area contributed by atoms with Gasteiger partial charge in [0.1, 0.15) is 6.10 Å². The fraction of sp³-hybridized carbons (Fsp3) is 0.462. The molecule has 19 heavy (non-hydrogen) atoms. The van der Waals surface area contributed by atoms with Crippen LogP contribution >= 0.6 is 0 Å². The average molecular weight is 260 g/mol. The highest BCUT2D eigenvalue weighted by molar-refractivity contribution is 5.74. The van der Waals surface area contributed by atoms with Gasteiger partial charge in [0.15, 0.2) is 0 Å². The van der Waals surface area contributed by atoms with Gasteiger partial charge in [-0.1, -0.05) is 0 Å². The number of ether oxygens (including phenoxy) is 1. The van der Waals surface area contributed by atoms with Crippen LogP contribution in [0.2, 0.25) is 0 Å². The van der Waals surface area contributed by atoms with Crippen molar-refractivity contribution in [2.75, 3.05) is 19.6 Å². The van der Waals surface area contributed by atoms with E-state index in [-0.39, 0.29) is 12.1 Å². The Balaban J connectivity index is 1.91. The van der Waals surface area contributed by atoms with Crippen molar-refractivity contribution >= 4 is 6.03 Å². The quantitative estimate of drug-likeness (QED) is 0.883. The maximum Gasteiger partial charge on any atom is 0.317 e. The molecule has 0 aromatic carbocycles. The maximum absolute atomic E-state index is 11.6. The van der Waals surface area contributed by atoms with Crippen LogP contribution < -0.4 is 10.1 Å². The number of nitriles is 1. The van der Waals surface area contributed by atoms with E-state index in [0.29, 0.717) is 31.1 Å². The molecule has 0 bridgehead atoms. The summed E-state index contributed by atoms with van der Waals surface area (Å²) in [5.74, 6) is 0.432. The fourth-order valence-corrected chi connectivity index (χ4v) is 1.99. The number of rotatable bonds is 3. The molecule has 0 spiro atoms. The molecule has 1 fully saturated rings. The van der Waals surface area contributed by atoms with Crippen molar-refractivity contribution in [1.82, 2.24) is 15.2 Å². The first kappa shape index (κ1) is 13.1. The molecule has 1 aliphatic rings. The Kier molecular flexibility index (Phi) is 4.18. The van der Waals surface area contributed by atoms with Crippen molar-refractivity contribution in [1.29, 1.82) is 5.26 Å². The van der Waals surface area contributed by atoms with Gasteiger partial charge in [-0.05, 0) is 13.0 Å². The lowest BCUT2D eigenvalue weighted by molar-refractivity contribution is 0.183. The van der Waals surface area contributed by atoms with Gasteiger partial charge < -0.3 is 15.0 Å². The SMILES string of the molecule is CCNC(=O)N1CCC(Oc2cc(C#N)ccn2)C1. The van der Waals surface area contributed by atoms with Crippen LogP contribution in [0.25, 0.3) is 0 Å². The molecular weight excluding hydrogens is 244 g/mol. The summed E-state index contributed by atoms with van der Waals surface area (Å²) >= 11 is 0. The number of hydrogen-bond donors (Lipinski definition) is 1. The molecule has 6 heteroatoms. The number of nitrogens with one attached hydrogen (secondary N) is 1. The highest BCUT2D eigenvalue weighted by Crippen LogP contribution is 2.17. The van der Waals surface area contributed by atoms with Gasteiger partial charge in [-0.2, -0.15) is 5.26 Å². The topological polar surface area (TPSA) is 78.3 Å². The van der Waals surface area contributed by atoms with Crippen LogP contribution in [0.15, 0.2) is 18.3 Å². The number of nitrogens with zero attached hydrogens (tertiary/aromatic N) is 3. The lowest BCUT2D eigenvalue weighted by atomic mass is 10.3. The number of amides is 2. The van der Waals surface area contributed by atoms with E-state index in [2.05, 4.69) is 10.3 Å². The molecule has 1 saturated heterocycles. The highest BCUT2D eigenvalue weighted by Gasteiger charge is 2.27. The molecule has 100 valence electrons. The summed E-state index contributed by atoms with van der Waals surface area (Å²) in [7, 11) is 0. The summed E-state index contributed by atoms with van der Waals surface area (Å²) in [6.07, 6.45) is 2.25. The standard InChI is InChI=1S/C13H16N4O2/c1-2-15-13(18)17-6-4-11(9-17)19-12-7-10(8-14)3-5-16-12/h3,5,7,11H,2,4,6,9H2,1H3,(H,15,18). The number of likely N-dealkylation sites (tertiary alicyclic amines) is 1. The highest BCUT2D eigenvalue weighted by atomic mass is 16.5. The van der Waals surface area contributed by atoms with Gasteiger partial charge in [0, 0.05) is 31.8 Å². The smallest absolute Gasteiger partial charge is 0.317 e. The molecule has 1 aromatic rings. The van der Waals surface area contributed by atoms with E-state index in [4.69, 9.17) is 10.00 Å². The van der Waals surface area contributed by atoms with Gasteiger partial charge in [-0.15, -0.1) is 0 Å². The Bertz CT molecular complexity index is 498. The van der Waals surface area contributed by atoms with Crippen LogP contribution in [0, 0.1) is 11.3 Å². The minimum atomic E-state index is -0.0657. The maximum atomic E-state index is 11.6. The van der Waals surface area contributed by atoms with Crippen LogP contribution in [0.4, 0.5) is 4.79 Å². The van der Waals surface area contributed by atoms with Gasteiger partial charge in [0.2, 0.25) is 5.88 Å². The zero-order valence-corrected chi connectivity index (χ0v) is 10.8. The molecule has 2 rings (SSSR count). The van der Waals surface area contributed by atoms with Crippen LogP contribution in [-0.2, 0) is 0 Å². The molecule has 2 heterocycles. The molecule has 6 nitrogen and oxygen atoms in total. The molecule has 1 atom stereocenters. The molecular formula is C13H16N4O2. The predicted octanol–water partition coefficient (Wildman–Crippen LogP) is 1.14. The van der Waals surface area contributed by atoms with Crippen LogP contribution in [-0.4, -0.2) is 41.7 Å². The summed E-state index contributed by atoms with van der Waals surface area (Å²) in [6, 6.07) is 5.21. The first-order valence-electron chi connectivity index (χ1n) is 6.28. The zero-order chi connectivity index (χ0) is 13.7. The van der Waals surface area contributed by atoms with Crippen molar-refractivity contribution in [3.05, 3.63) is 23.9 Å². The Hall–Kier alpha value is -2.29. The van der Waals surface area contributed by atoms with Gasteiger partial charge >= 0.3 is 6.03 Å². The van der Waals surface area contributed by atoms with Crippen molar-refractivity contribution < 1.29 is 9.53 Å². The van der Waals surface area contributed by atoms with Crippen molar-refractivity contribution in [3.63, 3.8) is 0 Å². The Morgan fingerprint density at radius 2 is 2.58 bits per heavy atom. The normalized spacial score (nSPS) is 17.9. The largest absolute Gasteiger partial charge is 0.472 e. The van der Waals surface area contributed by atoms with E-state index < -0.39 is 0 Å². The summed E-state index contributed by atoms with van der Waals surface area (Å²) in [6.45, 7) is 3.73. The second kappa shape index (κ2) is 6.05. The molecule has 1 N–H and O–H groups in total. The van der Waals surface area contributed by atoms with E-state index >= 15 is 0 Å². The van der Waals surface area contributed by atoms with Crippen LogP contribution in [0.3, 0.4) is 0 Å². The minimum Gasteiger partial charge on any atom is -0.472 e. The van der Waals surface area contributed by atoms with Crippen LogP contribution in [0.5, 0.6) is 5.88 Å². The van der Waals surface area contributed by atoms with Crippen molar-refractivity contribution in [2.24, 2.45) is 0 Å². The van der Waals surface area contributed by atoms with Crippen molar-refractivity contribution in [3.8, 4) is 11.9 Å². The Morgan fingerprint density at radius 3 is 3.32 bits per heavy atom. The van der Waals surface area contributed by atoms with Gasteiger partial charge in [0.25, 0.3) is 0 Å². The third kappa shape index (κ3) is 3.35. The van der Waals surface area contributed by atoms with Gasteiger partial charge in [-0.25, -0.2) is 9.78 Å². The first-order valence-corrected chi connectivity index (χ1v) is 6.28. The zero-order valence-electron chi connectivity index (χ0n) is 10.8. The molecule has 1 aromatic heterocycles. The lowest BCUT2D eigenvalue weighted by Gasteiger charge is -2.17. The third-order valence-corrected chi connectivity index (χ3v) is 2.91. The number of carbonyl (C=O) groups is 1. The van der Waals surface area contributed by atoms with E-state index in [1.807, 2.05) is 13.0 Å². The van der Waals surface area contributed by atoms with Gasteiger partial charge in [0.05, 0.1) is 18.2 Å². The average Bonchev–Trinajstić information content (AvgIpc) is 2.88. The summed E-state index contributed by atoms with van der Waals surface area (Å²) in [5, 5.41) is 11.6. The predicted molar refractivity (Wildman–Crippen MR) is 68.6 cm³/mol. The molecule has 0 radical (unpaired) electrons. The molecule has 0 aliphatic carbocycles. The number of carbonyl (C=O) groups excluding carboxylic acids is 1. The molecule has 1 unspecified atom stereocenters. The lowest BCUT2D eigenvalue weighted by Crippen LogP contribution is -2.39. The first-order chi connectivity index (χ1) is 9.22. The number of urea groups is 1. The molecule has 1 aliphatic heterocycles. The summed E-state index contributed by atoms with van der Waals surface area (Å²) in [4.78, 5) is 17.4. The third-order valence-electron chi connectivity index (χ3n) is 2.91. The summed E-state index contributed by atoms with van der Waals surface area (Å²) in [5.41, 5.74) is 0.517. The van der Waals surface area contributed by atoms with E-state index in [1.165, 1.54) is 0 Å². The van der Waals surface area contributed by atoms with E-state index in [0.717, 1.165) is 6.42 Å². The Morgan fingerprint density at radius 1 is 1.74 bits per heavy atom. The number of hydrogen-bond acceptors (Lipinski definition) is 4. The number of pyridine rings is 1. The van der Waals surface area contributed by atoms with E-state index in [1.54, 1.807) is 23.2 Å². The Labute approximate surface area is 112 Å². The summed E-state index contributed by atoms with van der Waals surface area (Å²) < 4.78 is 5.69. The molecule has 0 saturated carbocycles. The fourth-order valence-electron chi connectivity index (χ4n) is 1.99. The van der Waals surface area contributed by atoms with Crippen LogP contribution in [0.1, 0.15) is 18.9 Å².